The molecule has 12 rings (SSSR count). The van der Waals surface area contributed by atoms with Crippen molar-refractivity contribution >= 4 is 43.1 Å². The molecule has 0 unspecified atom stereocenters. The lowest BCUT2D eigenvalue weighted by Crippen LogP contribution is -2.14. The number of hydrogen-bond donors (Lipinski definition) is 0. The Hall–Kier alpha value is -7.54. The molecule has 0 fully saturated rings. The van der Waals surface area contributed by atoms with Crippen molar-refractivity contribution in [2.75, 3.05) is 0 Å². The number of fused-ring (bicyclic) bond motifs is 7. The maximum Gasteiger partial charge on any atom is 0.0159 e. The van der Waals surface area contributed by atoms with Crippen molar-refractivity contribution in [3.05, 3.63) is 230 Å². The van der Waals surface area contributed by atoms with Crippen molar-refractivity contribution in [3.8, 4) is 66.8 Å². The molecule has 0 nitrogen and oxygen atoms in total. The van der Waals surface area contributed by atoms with Gasteiger partial charge in [0, 0.05) is 5.41 Å². The van der Waals surface area contributed by atoms with Crippen molar-refractivity contribution < 1.29 is 0 Å². The molecule has 1 aliphatic rings. The summed E-state index contributed by atoms with van der Waals surface area (Å²) < 4.78 is 0. The first-order valence-electron chi connectivity index (χ1n) is 21.4. The van der Waals surface area contributed by atoms with Gasteiger partial charge in [0.15, 0.2) is 0 Å². The van der Waals surface area contributed by atoms with Crippen LogP contribution in [0.25, 0.3) is 110 Å². The van der Waals surface area contributed by atoms with Crippen molar-refractivity contribution in [1.29, 1.82) is 0 Å². The lowest BCUT2D eigenvalue weighted by atomic mass is 9.81. The van der Waals surface area contributed by atoms with Crippen LogP contribution >= 0.6 is 0 Å². The summed E-state index contributed by atoms with van der Waals surface area (Å²) in [6.45, 7) is 4.73. The maximum atomic E-state index is 2.46. The highest BCUT2D eigenvalue weighted by molar-refractivity contribution is 6.22. The summed E-state index contributed by atoms with van der Waals surface area (Å²) in [5.41, 5.74) is 17.7. The van der Waals surface area contributed by atoms with Crippen LogP contribution in [0.4, 0.5) is 0 Å². The monoisotopic (exact) mass is 774 g/mol. The van der Waals surface area contributed by atoms with Gasteiger partial charge in [-0.2, -0.15) is 0 Å². The fourth-order valence-corrected chi connectivity index (χ4v) is 10.3. The fraction of sp³-hybridized carbons (Fsp3) is 0.0492. The lowest BCUT2D eigenvalue weighted by molar-refractivity contribution is 0.660. The van der Waals surface area contributed by atoms with Gasteiger partial charge in [0.1, 0.15) is 0 Å². The van der Waals surface area contributed by atoms with E-state index in [-0.39, 0.29) is 5.41 Å². The average Bonchev–Trinajstić information content (AvgIpc) is 3.55. The minimum Gasteiger partial charge on any atom is -0.0619 e. The van der Waals surface area contributed by atoms with Crippen LogP contribution in [0.15, 0.2) is 218 Å². The Balaban J connectivity index is 1.04. The van der Waals surface area contributed by atoms with Crippen LogP contribution in [0.3, 0.4) is 0 Å². The molecule has 0 bridgehead atoms. The molecular weight excluding hydrogens is 733 g/mol. The number of rotatable bonds is 5. The molecule has 0 atom stereocenters. The second kappa shape index (κ2) is 13.8. The maximum absolute atomic E-state index is 2.46. The number of benzene rings is 11. The van der Waals surface area contributed by atoms with Crippen LogP contribution in [0.1, 0.15) is 25.0 Å². The molecule has 0 saturated carbocycles. The zero-order chi connectivity index (χ0) is 40.7. The molecule has 61 heavy (non-hydrogen) atoms. The van der Waals surface area contributed by atoms with E-state index in [0.29, 0.717) is 0 Å². The molecule has 11 aromatic rings. The van der Waals surface area contributed by atoms with Crippen LogP contribution in [-0.2, 0) is 5.41 Å². The normalized spacial score (nSPS) is 12.9. The lowest BCUT2D eigenvalue weighted by Gasteiger charge is -2.22. The third-order valence-corrected chi connectivity index (χ3v) is 13.5. The quantitative estimate of drug-likeness (QED) is 0.153. The molecule has 11 aromatic carbocycles. The standard InChI is InChI=1S/C61H42/c1-61(2)57-18-10-9-15-51(57)52-33-31-50(38-58(52)61)49-32-34-55-56(37-49)60(44-27-21-42(22-28-44)48-30-24-40-12-4-6-14-46(40)36-48)54-17-8-7-16-53(54)59(55)43-25-19-41(20-26-43)47-29-23-39-11-3-5-13-45(39)35-47/h3-38H,1-2H3. The Morgan fingerprint density at radius 2 is 0.639 bits per heavy atom. The van der Waals surface area contributed by atoms with Crippen molar-refractivity contribution in [3.63, 3.8) is 0 Å². The third-order valence-electron chi connectivity index (χ3n) is 13.5. The molecule has 0 aliphatic heterocycles. The van der Waals surface area contributed by atoms with Gasteiger partial charge in [-0.1, -0.05) is 208 Å². The molecule has 0 heteroatoms. The van der Waals surface area contributed by atoms with Crippen LogP contribution in [0, 0.1) is 0 Å². The molecule has 0 saturated heterocycles. The third kappa shape index (κ3) is 5.75. The number of hydrogen-bond acceptors (Lipinski definition) is 0. The van der Waals surface area contributed by atoms with Crippen LogP contribution in [0.2, 0.25) is 0 Å². The molecule has 286 valence electrons. The summed E-state index contributed by atoms with van der Waals surface area (Å²) in [6.07, 6.45) is 0. The molecule has 0 amide bonds. The average molecular weight is 775 g/mol. The van der Waals surface area contributed by atoms with E-state index < -0.39 is 0 Å². The first kappa shape index (κ1) is 35.4. The first-order chi connectivity index (χ1) is 30.0. The second-order valence-electron chi connectivity index (χ2n) is 17.3. The van der Waals surface area contributed by atoms with E-state index in [0.717, 1.165) is 0 Å². The van der Waals surface area contributed by atoms with Gasteiger partial charge in [-0.05, 0) is 145 Å². The highest BCUT2D eigenvalue weighted by Gasteiger charge is 2.35. The zero-order valence-corrected chi connectivity index (χ0v) is 34.3. The topological polar surface area (TPSA) is 0 Å². The summed E-state index contributed by atoms with van der Waals surface area (Å²) in [5.74, 6) is 0. The van der Waals surface area contributed by atoms with Crippen molar-refractivity contribution in [2.45, 2.75) is 19.3 Å². The van der Waals surface area contributed by atoms with Gasteiger partial charge in [0.2, 0.25) is 0 Å². The Kier molecular flexibility index (Phi) is 7.99. The molecule has 0 aromatic heterocycles. The summed E-state index contributed by atoms with van der Waals surface area (Å²) in [4.78, 5) is 0. The van der Waals surface area contributed by atoms with Gasteiger partial charge in [-0.3, -0.25) is 0 Å². The molecular formula is C61H42. The van der Waals surface area contributed by atoms with E-state index in [1.807, 2.05) is 0 Å². The van der Waals surface area contributed by atoms with Crippen molar-refractivity contribution in [2.24, 2.45) is 0 Å². The SMILES string of the molecule is CC1(C)c2ccccc2-c2ccc(-c3ccc4c(-c5ccc(-c6ccc7ccccc7c6)cc5)c5ccccc5c(-c5ccc(-c6ccc7ccccc7c6)cc5)c4c3)cc21. The Morgan fingerprint density at radius 3 is 1.25 bits per heavy atom. The van der Waals surface area contributed by atoms with Gasteiger partial charge in [0.05, 0.1) is 0 Å². The van der Waals surface area contributed by atoms with Crippen LogP contribution < -0.4 is 0 Å². The van der Waals surface area contributed by atoms with Crippen molar-refractivity contribution in [1.82, 2.24) is 0 Å². The van der Waals surface area contributed by atoms with Gasteiger partial charge in [0.25, 0.3) is 0 Å². The molecule has 1 aliphatic carbocycles. The molecule has 0 N–H and O–H groups in total. The fourth-order valence-electron chi connectivity index (χ4n) is 10.3. The van der Waals surface area contributed by atoms with E-state index in [1.165, 1.54) is 121 Å². The van der Waals surface area contributed by atoms with Crippen LogP contribution in [-0.4, -0.2) is 0 Å². The predicted octanol–water partition coefficient (Wildman–Crippen LogP) is 16.9. The molecule has 0 spiro atoms. The smallest absolute Gasteiger partial charge is 0.0159 e. The summed E-state index contributed by atoms with van der Waals surface area (Å²) >= 11 is 0. The Bertz CT molecular complexity index is 3530. The van der Waals surface area contributed by atoms with Gasteiger partial charge < -0.3 is 0 Å². The molecule has 0 heterocycles. The van der Waals surface area contributed by atoms with Crippen LogP contribution in [0.5, 0.6) is 0 Å². The summed E-state index contributed by atoms with van der Waals surface area (Å²) in [7, 11) is 0. The predicted molar refractivity (Wildman–Crippen MR) is 261 cm³/mol. The first-order valence-corrected chi connectivity index (χ1v) is 21.4. The van der Waals surface area contributed by atoms with E-state index in [9.17, 15) is 0 Å². The minimum absolute atomic E-state index is 0.0703. The Morgan fingerprint density at radius 1 is 0.246 bits per heavy atom. The van der Waals surface area contributed by atoms with Gasteiger partial charge in [-0.15, -0.1) is 0 Å². The van der Waals surface area contributed by atoms with E-state index >= 15 is 0 Å². The zero-order valence-electron chi connectivity index (χ0n) is 34.3. The Labute approximate surface area is 357 Å². The second-order valence-corrected chi connectivity index (χ2v) is 17.3. The van der Waals surface area contributed by atoms with Gasteiger partial charge in [-0.25, -0.2) is 0 Å². The van der Waals surface area contributed by atoms with Gasteiger partial charge >= 0.3 is 0 Å². The van der Waals surface area contributed by atoms with E-state index in [4.69, 9.17) is 0 Å². The van der Waals surface area contributed by atoms with E-state index in [1.54, 1.807) is 0 Å². The minimum atomic E-state index is -0.0703. The highest BCUT2D eigenvalue weighted by atomic mass is 14.4. The molecule has 0 radical (unpaired) electrons. The highest BCUT2D eigenvalue weighted by Crippen LogP contribution is 2.50. The summed E-state index contributed by atoms with van der Waals surface area (Å²) in [5, 5.41) is 10.1. The summed E-state index contributed by atoms with van der Waals surface area (Å²) in [6, 6.07) is 81.4. The largest absolute Gasteiger partial charge is 0.0619 e. The van der Waals surface area contributed by atoms with E-state index in [2.05, 4.69) is 232 Å².